The third-order valence-corrected chi connectivity index (χ3v) is 3.30. The van der Waals surface area contributed by atoms with E-state index in [0.29, 0.717) is 12.3 Å². The Kier molecular flexibility index (Phi) is 8.16. The van der Waals surface area contributed by atoms with Crippen LogP contribution in [-0.2, 0) is 4.79 Å². The lowest BCUT2D eigenvalue weighted by atomic mass is 9.96. The number of urea groups is 1. The molecule has 3 N–H and O–H groups in total. The van der Waals surface area contributed by atoms with Gasteiger partial charge in [0.15, 0.2) is 0 Å². The van der Waals surface area contributed by atoms with E-state index in [1.54, 1.807) is 0 Å². The summed E-state index contributed by atoms with van der Waals surface area (Å²) in [5.41, 5.74) is 0. The normalized spacial score (nSPS) is 14.1. The second kappa shape index (κ2) is 8.78. The Labute approximate surface area is 109 Å². The zero-order valence-corrected chi connectivity index (χ0v) is 11.8. The van der Waals surface area contributed by atoms with Gasteiger partial charge in [-0.1, -0.05) is 40.0 Å². The van der Waals surface area contributed by atoms with E-state index >= 15 is 0 Å². The van der Waals surface area contributed by atoms with Gasteiger partial charge in [0.25, 0.3) is 0 Å². The lowest BCUT2D eigenvalue weighted by Gasteiger charge is -2.23. The van der Waals surface area contributed by atoms with Gasteiger partial charge in [0.2, 0.25) is 0 Å². The van der Waals surface area contributed by atoms with Gasteiger partial charge in [-0.05, 0) is 19.3 Å². The Balaban J connectivity index is 4.27. The summed E-state index contributed by atoms with van der Waals surface area (Å²) >= 11 is 0. The van der Waals surface area contributed by atoms with Crippen LogP contribution in [0.2, 0.25) is 0 Å². The molecule has 0 heterocycles. The summed E-state index contributed by atoms with van der Waals surface area (Å²) in [6.45, 7) is 8.01. The average Bonchev–Trinajstić information content (AvgIpc) is 2.29. The molecule has 0 spiro atoms. The molecular weight excluding hydrogens is 232 g/mol. The number of carboxylic acids is 1. The van der Waals surface area contributed by atoms with E-state index in [1.807, 2.05) is 13.8 Å². The Morgan fingerprint density at radius 1 is 1.11 bits per heavy atom. The molecule has 5 heteroatoms. The van der Waals surface area contributed by atoms with Gasteiger partial charge < -0.3 is 15.7 Å². The van der Waals surface area contributed by atoms with Crippen molar-refractivity contribution in [2.75, 3.05) is 0 Å². The highest BCUT2D eigenvalue weighted by Crippen LogP contribution is 2.12. The minimum atomic E-state index is -0.984. The predicted molar refractivity (Wildman–Crippen MR) is 71.5 cm³/mol. The molecule has 2 amide bonds. The Bertz CT molecular complexity index is 265. The van der Waals surface area contributed by atoms with Crippen molar-refractivity contribution in [3.8, 4) is 0 Å². The van der Waals surface area contributed by atoms with Crippen molar-refractivity contribution >= 4 is 12.0 Å². The molecule has 0 radical (unpaired) electrons. The van der Waals surface area contributed by atoms with E-state index in [2.05, 4.69) is 24.5 Å². The van der Waals surface area contributed by atoms with Gasteiger partial charge in [0.05, 0.1) is 0 Å². The van der Waals surface area contributed by atoms with E-state index in [1.165, 1.54) is 0 Å². The lowest BCUT2D eigenvalue weighted by molar-refractivity contribution is -0.139. The zero-order chi connectivity index (χ0) is 14.1. The van der Waals surface area contributed by atoms with Crippen molar-refractivity contribution in [1.82, 2.24) is 10.6 Å². The molecule has 0 aromatic heterocycles. The van der Waals surface area contributed by atoms with Crippen LogP contribution in [0.3, 0.4) is 0 Å². The largest absolute Gasteiger partial charge is 0.480 e. The SMILES string of the molecule is CCC[C@@H](NC(=O)NC(C)C(CC)CC)C(=O)O. The zero-order valence-electron chi connectivity index (χ0n) is 11.8. The van der Waals surface area contributed by atoms with Crippen molar-refractivity contribution in [2.45, 2.75) is 65.5 Å². The maximum absolute atomic E-state index is 11.7. The van der Waals surface area contributed by atoms with Crippen LogP contribution in [0.1, 0.15) is 53.4 Å². The maximum Gasteiger partial charge on any atom is 0.326 e. The average molecular weight is 258 g/mol. The number of hydrogen-bond donors (Lipinski definition) is 3. The molecule has 106 valence electrons. The van der Waals surface area contributed by atoms with Crippen molar-refractivity contribution in [3.63, 3.8) is 0 Å². The summed E-state index contributed by atoms with van der Waals surface area (Å²) in [7, 11) is 0. The number of hydrogen-bond acceptors (Lipinski definition) is 2. The molecule has 0 aliphatic carbocycles. The fourth-order valence-corrected chi connectivity index (χ4v) is 2.07. The second-order valence-electron chi connectivity index (χ2n) is 4.66. The molecule has 0 aliphatic heterocycles. The Morgan fingerprint density at radius 2 is 1.67 bits per heavy atom. The highest BCUT2D eigenvalue weighted by molar-refractivity contribution is 5.82. The second-order valence-corrected chi connectivity index (χ2v) is 4.66. The molecule has 2 atom stereocenters. The minimum absolute atomic E-state index is 0.0519. The fraction of sp³-hybridized carbons (Fsp3) is 0.846. The first-order valence-electron chi connectivity index (χ1n) is 6.75. The fourth-order valence-electron chi connectivity index (χ4n) is 2.07. The third kappa shape index (κ3) is 5.89. The smallest absolute Gasteiger partial charge is 0.326 e. The highest BCUT2D eigenvalue weighted by atomic mass is 16.4. The van der Waals surface area contributed by atoms with E-state index in [0.717, 1.165) is 19.3 Å². The van der Waals surface area contributed by atoms with Gasteiger partial charge in [0.1, 0.15) is 6.04 Å². The van der Waals surface area contributed by atoms with Gasteiger partial charge in [-0.25, -0.2) is 9.59 Å². The summed E-state index contributed by atoms with van der Waals surface area (Å²) in [6.07, 6.45) is 3.16. The Morgan fingerprint density at radius 3 is 2.06 bits per heavy atom. The Hall–Kier alpha value is -1.26. The topological polar surface area (TPSA) is 78.4 Å². The van der Waals surface area contributed by atoms with Crippen molar-refractivity contribution < 1.29 is 14.7 Å². The van der Waals surface area contributed by atoms with Gasteiger partial charge in [-0.2, -0.15) is 0 Å². The van der Waals surface area contributed by atoms with Crippen LogP contribution < -0.4 is 10.6 Å². The van der Waals surface area contributed by atoms with Crippen LogP contribution in [0.5, 0.6) is 0 Å². The number of aliphatic carboxylic acids is 1. The van der Waals surface area contributed by atoms with Crippen molar-refractivity contribution in [2.24, 2.45) is 5.92 Å². The van der Waals surface area contributed by atoms with Crippen molar-refractivity contribution in [3.05, 3.63) is 0 Å². The molecule has 0 bridgehead atoms. The van der Waals surface area contributed by atoms with Crippen LogP contribution in [0.25, 0.3) is 0 Å². The first kappa shape index (κ1) is 16.7. The van der Waals surface area contributed by atoms with Gasteiger partial charge in [0, 0.05) is 6.04 Å². The molecular formula is C13H26N2O3. The summed E-state index contributed by atoms with van der Waals surface area (Å²) in [5, 5.41) is 14.3. The van der Waals surface area contributed by atoms with E-state index in [4.69, 9.17) is 5.11 Å². The standard InChI is InChI=1S/C13H26N2O3/c1-5-8-11(12(16)17)15-13(18)14-9(4)10(6-2)7-3/h9-11H,5-8H2,1-4H3,(H,16,17)(H2,14,15,18)/t9?,11-/m1/s1. The maximum atomic E-state index is 11.7. The van der Waals surface area contributed by atoms with E-state index < -0.39 is 18.0 Å². The number of carbonyl (C=O) groups excluding carboxylic acids is 1. The molecule has 5 nitrogen and oxygen atoms in total. The molecule has 0 saturated carbocycles. The first-order valence-corrected chi connectivity index (χ1v) is 6.75. The number of amides is 2. The predicted octanol–water partition coefficient (Wildman–Crippen LogP) is 2.36. The number of nitrogens with one attached hydrogen (secondary N) is 2. The summed E-state index contributed by atoms with van der Waals surface area (Å²) < 4.78 is 0. The summed E-state index contributed by atoms with van der Waals surface area (Å²) in [6, 6.07) is -1.14. The van der Waals surface area contributed by atoms with Crippen LogP contribution in [0.4, 0.5) is 4.79 Å². The van der Waals surface area contributed by atoms with E-state index in [9.17, 15) is 9.59 Å². The molecule has 0 saturated heterocycles. The molecule has 0 aliphatic rings. The third-order valence-electron chi connectivity index (χ3n) is 3.30. The monoisotopic (exact) mass is 258 g/mol. The number of carboxylic acid groups (broad SMARTS) is 1. The number of carbonyl (C=O) groups is 2. The first-order chi connectivity index (χ1) is 8.46. The molecule has 0 rings (SSSR count). The molecule has 1 unspecified atom stereocenters. The molecule has 0 aromatic rings. The minimum Gasteiger partial charge on any atom is -0.480 e. The molecule has 18 heavy (non-hydrogen) atoms. The lowest BCUT2D eigenvalue weighted by Crippen LogP contribution is -2.49. The van der Waals surface area contributed by atoms with E-state index in [-0.39, 0.29) is 6.04 Å². The van der Waals surface area contributed by atoms with Crippen LogP contribution >= 0.6 is 0 Å². The molecule has 0 fully saturated rings. The van der Waals surface area contributed by atoms with Crippen LogP contribution in [0.15, 0.2) is 0 Å². The van der Waals surface area contributed by atoms with Crippen LogP contribution in [0, 0.1) is 5.92 Å². The van der Waals surface area contributed by atoms with Gasteiger partial charge in [-0.15, -0.1) is 0 Å². The van der Waals surface area contributed by atoms with Crippen LogP contribution in [-0.4, -0.2) is 29.2 Å². The number of rotatable bonds is 8. The van der Waals surface area contributed by atoms with Crippen molar-refractivity contribution in [1.29, 1.82) is 0 Å². The molecule has 0 aromatic carbocycles. The highest BCUT2D eigenvalue weighted by Gasteiger charge is 2.21. The summed E-state index contributed by atoms with van der Waals surface area (Å²) in [5.74, 6) is -0.563. The van der Waals surface area contributed by atoms with Gasteiger partial charge in [-0.3, -0.25) is 0 Å². The summed E-state index contributed by atoms with van der Waals surface area (Å²) in [4.78, 5) is 22.6. The quantitative estimate of drug-likeness (QED) is 0.625. The van der Waals surface area contributed by atoms with Gasteiger partial charge >= 0.3 is 12.0 Å².